The van der Waals surface area contributed by atoms with Gasteiger partial charge in [-0.3, -0.25) is 9.59 Å². The summed E-state index contributed by atoms with van der Waals surface area (Å²) in [6, 6.07) is 12.0. The minimum Gasteiger partial charge on any atom is -0.493 e. The Morgan fingerprint density at radius 2 is 1.71 bits per heavy atom. The number of amides is 1. The first kappa shape index (κ1) is 25.9. The molecule has 0 atom stereocenters. The number of anilines is 1. The Hall–Kier alpha value is -3.72. The van der Waals surface area contributed by atoms with Crippen LogP contribution in [0.2, 0.25) is 0 Å². The molecule has 0 fully saturated rings. The lowest BCUT2D eigenvalue weighted by Gasteiger charge is -2.16. The topological polar surface area (TPSA) is 104 Å². The lowest BCUT2D eigenvalue weighted by molar-refractivity contribution is -0.129. The molecule has 8 nitrogen and oxygen atoms in total. The molecule has 2 aromatic carbocycles. The van der Waals surface area contributed by atoms with Gasteiger partial charge in [0.25, 0.3) is 0 Å². The first-order valence-electron chi connectivity index (χ1n) is 10.9. The lowest BCUT2D eigenvalue weighted by atomic mass is 9.91. The number of hydrogen-bond donors (Lipinski definition) is 1. The molecule has 1 N–H and O–H groups in total. The van der Waals surface area contributed by atoms with Gasteiger partial charge in [-0.2, -0.15) is 0 Å². The molecule has 3 aromatic rings. The van der Waals surface area contributed by atoms with Crippen LogP contribution < -0.4 is 14.8 Å². The van der Waals surface area contributed by atoms with E-state index in [2.05, 4.69) is 10.3 Å². The summed E-state index contributed by atoms with van der Waals surface area (Å²) >= 11 is 1.41. The van der Waals surface area contributed by atoms with Crippen LogP contribution >= 0.6 is 11.3 Å². The molecule has 1 heterocycles. The van der Waals surface area contributed by atoms with Gasteiger partial charge in [0.05, 0.1) is 37.6 Å². The number of nitrogens with one attached hydrogen (secondary N) is 1. The van der Waals surface area contributed by atoms with E-state index < -0.39 is 11.4 Å². The minimum atomic E-state index is -0.678. The fraction of sp³-hybridized carbons (Fsp3) is 0.308. The molecular formula is C26H28N2O6S. The van der Waals surface area contributed by atoms with Gasteiger partial charge in [0.1, 0.15) is 5.01 Å². The van der Waals surface area contributed by atoms with Crippen molar-refractivity contribution in [2.24, 2.45) is 5.41 Å². The van der Waals surface area contributed by atoms with Crippen molar-refractivity contribution in [2.45, 2.75) is 27.2 Å². The zero-order valence-corrected chi connectivity index (χ0v) is 21.2. The summed E-state index contributed by atoms with van der Waals surface area (Å²) in [7, 11) is 3.14. The number of carbonyl (C=O) groups is 3. The van der Waals surface area contributed by atoms with Crippen LogP contribution in [0.3, 0.4) is 0 Å². The lowest BCUT2D eigenvalue weighted by Crippen LogP contribution is -2.26. The summed E-state index contributed by atoms with van der Waals surface area (Å²) in [5, 5.41) is 5.29. The SMILES string of the molecule is COc1ccc(-c2nc(CC(=O)Nc3ccccc3C(=O)OCC(=O)C(C)(C)C)cs2)cc1OC. The third-order valence-corrected chi connectivity index (χ3v) is 6.06. The highest BCUT2D eigenvalue weighted by atomic mass is 32.1. The molecule has 0 bridgehead atoms. The van der Waals surface area contributed by atoms with Gasteiger partial charge in [-0.15, -0.1) is 11.3 Å². The second kappa shape index (κ2) is 11.1. The fourth-order valence-corrected chi connectivity index (χ4v) is 3.86. The third-order valence-electron chi connectivity index (χ3n) is 5.12. The van der Waals surface area contributed by atoms with Crippen molar-refractivity contribution in [1.82, 2.24) is 4.98 Å². The van der Waals surface area contributed by atoms with Gasteiger partial charge in [0.15, 0.2) is 23.9 Å². The van der Waals surface area contributed by atoms with E-state index >= 15 is 0 Å². The number of methoxy groups -OCH3 is 2. The zero-order chi connectivity index (χ0) is 25.6. The number of nitrogens with zero attached hydrogens (tertiary/aromatic N) is 1. The molecule has 184 valence electrons. The Morgan fingerprint density at radius 1 is 1.00 bits per heavy atom. The maximum absolute atomic E-state index is 12.7. The number of esters is 1. The van der Waals surface area contributed by atoms with Gasteiger partial charge in [-0.05, 0) is 30.3 Å². The smallest absolute Gasteiger partial charge is 0.340 e. The minimum absolute atomic E-state index is 0.0235. The summed E-state index contributed by atoms with van der Waals surface area (Å²) in [6.07, 6.45) is 0.0235. The summed E-state index contributed by atoms with van der Waals surface area (Å²) in [6.45, 7) is 4.94. The molecule has 0 aliphatic heterocycles. The first-order chi connectivity index (χ1) is 16.6. The highest BCUT2D eigenvalue weighted by Gasteiger charge is 2.23. The van der Waals surface area contributed by atoms with Crippen molar-refractivity contribution in [3.8, 4) is 22.1 Å². The number of benzene rings is 2. The van der Waals surface area contributed by atoms with Crippen molar-refractivity contribution in [3.63, 3.8) is 0 Å². The van der Waals surface area contributed by atoms with Gasteiger partial charge in [-0.25, -0.2) is 9.78 Å². The Labute approximate surface area is 208 Å². The van der Waals surface area contributed by atoms with E-state index in [1.807, 2.05) is 17.5 Å². The van der Waals surface area contributed by atoms with Crippen LogP contribution in [0.5, 0.6) is 11.5 Å². The number of thiazole rings is 1. The van der Waals surface area contributed by atoms with E-state index in [1.54, 1.807) is 59.3 Å². The quantitative estimate of drug-likeness (QED) is 0.425. The average Bonchev–Trinajstić information content (AvgIpc) is 3.29. The van der Waals surface area contributed by atoms with Crippen molar-refractivity contribution in [2.75, 3.05) is 26.1 Å². The average molecular weight is 497 g/mol. The summed E-state index contributed by atoms with van der Waals surface area (Å²) in [5.74, 6) is 0.00354. The number of carbonyl (C=O) groups excluding carboxylic acids is 3. The summed E-state index contributed by atoms with van der Waals surface area (Å²) in [4.78, 5) is 41.9. The normalized spacial score (nSPS) is 11.0. The number of rotatable bonds is 9. The van der Waals surface area contributed by atoms with E-state index in [-0.39, 0.29) is 30.3 Å². The molecule has 9 heteroatoms. The molecule has 1 amide bonds. The van der Waals surface area contributed by atoms with Gasteiger partial charge in [0, 0.05) is 16.4 Å². The molecule has 0 spiro atoms. The number of aromatic nitrogens is 1. The van der Waals surface area contributed by atoms with E-state index in [0.717, 1.165) is 10.6 Å². The van der Waals surface area contributed by atoms with Crippen LogP contribution in [-0.2, 0) is 20.7 Å². The van der Waals surface area contributed by atoms with Gasteiger partial charge in [-0.1, -0.05) is 32.9 Å². The van der Waals surface area contributed by atoms with E-state index in [1.165, 1.54) is 17.4 Å². The van der Waals surface area contributed by atoms with Crippen molar-refractivity contribution in [3.05, 3.63) is 59.1 Å². The number of para-hydroxylation sites is 1. The molecule has 0 aliphatic rings. The van der Waals surface area contributed by atoms with Gasteiger partial charge in [0.2, 0.25) is 5.91 Å². The largest absolute Gasteiger partial charge is 0.493 e. The van der Waals surface area contributed by atoms with Gasteiger partial charge >= 0.3 is 5.97 Å². The van der Waals surface area contributed by atoms with E-state index in [9.17, 15) is 14.4 Å². The van der Waals surface area contributed by atoms with Crippen molar-refractivity contribution < 1.29 is 28.6 Å². The van der Waals surface area contributed by atoms with Crippen LogP contribution in [0.1, 0.15) is 36.8 Å². The Bertz CT molecular complexity index is 1230. The van der Waals surface area contributed by atoms with Crippen LogP contribution in [0.15, 0.2) is 47.8 Å². The van der Waals surface area contributed by atoms with E-state index in [4.69, 9.17) is 14.2 Å². The molecular weight excluding hydrogens is 468 g/mol. The fourth-order valence-electron chi connectivity index (χ4n) is 3.04. The number of hydrogen-bond acceptors (Lipinski definition) is 8. The Balaban J connectivity index is 1.67. The van der Waals surface area contributed by atoms with Crippen LogP contribution in [0.25, 0.3) is 10.6 Å². The van der Waals surface area contributed by atoms with E-state index in [0.29, 0.717) is 22.9 Å². The van der Waals surface area contributed by atoms with Gasteiger partial charge < -0.3 is 19.5 Å². The Kier molecular flexibility index (Phi) is 8.24. The summed E-state index contributed by atoms with van der Waals surface area (Å²) in [5.41, 5.74) is 1.30. The third kappa shape index (κ3) is 6.66. The zero-order valence-electron chi connectivity index (χ0n) is 20.3. The molecule has 0 saturated heterocycles. The van der Waals surface area contributed by atoms with Crippen LogP contribution in [-0.4, -0.2) is 43.5 Å². The summed E-state index contributed by atoms with van der Waals surface area (Å²) < 4.78 is 15.8. The monoisotopic (exact) mass is 496 g/mol. The van der Waals surface area contributed by atoms with Crippen molar-refractivity contribution >= 4 is 34.7 Å². The molecule has 0 unspecified atom stereocenters. The molecule has 35 heavy (non-hydrogen) atoms. The predicted molar refractivity (Wildman–Crippen MR) is 134 cm³/mol. The maximum Gasteiger partial charge on any atom is 0.340 e. The van der Waals surface area contributed by atoms with Crippen LogP contribution in [0, 0.1) is 5.41 Å². The predicted octanol–water partition coefficient (Wildman–Crippen LogP) is 4.78. The second-order valence-electron chi connectivity index (χ2n) is 8.73. The highest BCUT2D eigenvalue weighted by molar-refractivity contribution is 7.13. The van der Waals surface area contributed by atoms with Crippen molar-refractivity contribution in [1.29, 1.82) is 0 Å². The molecule has 0 saturated carbocycles. The standard InChI is InChI=1S/C26H28N2O6S/c1-26(2,3)22(29)14-34-25(31)18-8-6-7-9-19(18)28-23(30)13-17-15-35-24(27-17)16-10-11-20(32-4)21(12-16)33-5/h6-12,15H,13-14H2,1-5H3,(H,28,30). The Morgan fingerprint density at radius 3 is 2.40 bits per heavy atom. The molecule has 0 aliphatic carbocycles. The molecule has 1 aromatic heterocycles. The number of ether oxygens (including phenoxy) is 3. The number of Topliss-reactive ketones (excluding diaryl/α,β-unsaturated/α-hetero) is 1. The number of ketones is 1. The maximum atomic E-state index is 12.7. The second-order valence-corrected chi connectivity index (χ2v) is 9.59. The van der Waals surface area contributed by atoms with Crippen LogP contribution in [0.4, 0.5) is 5.69 Å². The molecule has 3 rings (SSSR count). The first-order valence-corrected chi connectivity index (χ1v) is 11.8. The highest BCUT2D eigenvalue weighted by Crippen LogP contribution is 2.33. The molecule has 0 radical (unpaired) electrons.